The fourth-order valence-corrected chi connectivity index (χ4v) is 4.07. The maximum absolute atomic E-state index is 9.75. The molecular formula is C14H28B2F8N2. The van der Waals surface area contributed by atoms with E-state index in [9.17, 15) is 34.5 Å². The van der Waals surface area contributed by atoms with E-state index >= 15 is 0 Å². The summed E-state index contributed by atoms with van der Waals surface area (Å²) in [5.41, 5.74) is 0. The maximum atomic E-state index is 9.75. The molecule has 0 aliphatic carbocycles. The normalized spacial score (nSPS) is 32.3. The Morgan fingerprint density at radius 1 is 0.423 bits per heavy atom. The Labute approximate surface area is 149 Å². The number of halogens is 8. The molecule has 6 aliphatic rings. The number of quaternary nitrogens is 2. The highest BCUT2D eigenvalue weighted by Gasteiger charge is 2.28. The molecule has 6 heterocycles. The molecule has 0 aromatic heterocycles. The average Bonchev–Trinajstić information content (AvgIpc) is 2.56. The summed E-state index contributed by atoms with van der Waals surface area (Å²) in [4.78, 5) is 3.74. The summed E-state index contributed by atoms with van der Waals surface area (Å²) in [6, 6.07) is 0. The third-order valence-electron chi connectivity index (χ3n) is 5.44. The summed E-state index contributed by atoms with van der Waals surface area (Å²) in [5.74, 6) is 2.26. The molecule has 0 amide bonds. The fraction of sp³-hybridized carbons (Fsp3) is 1.00. The van der Waals surface area contributed by atoms with Crippen LogP contribution in [0.15, 0.2) is 0 Å². The summed E-state index contributed by atoms with van der Waals surface area (Å²) in [7, 11) is -12.0. The van der Waals surface area contributed by atoms with Gasteiger partial charge in [0.2, 0.25) is 0 Å². The topological polar surface area (TPSA) is 8.88 Å². The highest BCUT2D eigenvalue weighted by molar-refractivity contribution is 6.50. The lowest BCUT2D eigenvalue weighted by molar-refractivity contribution is -0.916. The van der Waals surface area contributed by atoms with E-state index in [2.05, 4.69) is 0 Å². The van der Waals surface area contributed by atoms with Gasteiger partial charge in [-0.15, -0.1) is 0 Å². The molecule has 0 aromatic carbocycles. The Balaban J connectivity index is 0.000000180. The lowest BCUT2D eigenvalue weighted by atomic mass is 9.89. The van der Waals surface area contributed by atoms with Crippen LogP contribution in [0.25, 0.3) is 0 Å². The number of piperidine rings is 6. The van der Waals surface area contributed by atoms with Crippen molar-refractivity contribution in [1.82, 2.24) is 0 Å². The number of hydrogen-bond donors (Lipinski definition) is 2. The molecule has 12 heteroatoms. The van der Waals surface area contributed by atoms with Crippen LogP contribution in [-0.2, 0) is 0 Å². The summed E-state index contributed by atoms with van der Waals surface area (Å²) in [6.45, 7) is 8.86. The third kappa shape index (κ3) is 13.7. The van der Waals surface area contributed by atoms with Crippen LogP contribution < -0.4 is 9.80 Å². The van der Waals surface area contributed by atoms with Gasteiger partial charge >= 0.3 is 14.5 Å². The van der Waals surface area contributed by atoms with Gasteiger partial charge in [0, 0.05) is 0 Å². The molecule has 2 nitrogen and oxygen atoms in total. The first-order valence-corrected chi connectivity index (χ1v) is 9.32. The number of nitrogens with one attached hydrogen (secondary N) is 2. The lowest BCUT2D eigenvalue weighted by Crippen LogP contribution is -3.14. The van der Waals surface area contributed by atoms with Crippen LogP contribution in [0.1, 0.15) is 38.5 Å². The van der Waals surface area contributed by atoms with Crippen molar-refractivity contribution < 1.29 is 44.3 Å². The molecule has 6 aliphatic heterocycles. The van der Waals surface area contributed by atoms with Gasteiger partial charge in [0.05, 0.1) is 39.3 Å². The van der Waals surface area contributed by atoms with Gasteiger partial charge in [-0.1, -0.05) is 0 Å². The summed E-state index contributed by atoms with van der Waals surface area (Å²) >= 11 is 0. The Bertz CT molecular complexity index is 284. The van der Waals surface area contributed by atoms with Crippen molar-refractivity contribution in [2.75, 3.05) is 39.3 Å². The van der Waals surface area contributed by atoms with Gasteiger partial charge in [-0.2, -0.15) is 0 Å². The molecule has 156 valence electrons. The molecule has 0 saturated carbocycles. The number of hydrogen-bond acceptors (Lipinski definition) is 0. The molecule has 0 aromatic rings. The Morgan fingerprint density at radius 3 is 0.615 bits per heavy atom. The quantitative estimate of drug-likeness (QED) is 0.457. The molecule has 6 fully saturated rings. The van der Waals surface area contributed by atoms with Crippen LogP contribution in [0.2, 0.25) is 0 Å². The highest BCUT2D eigenvalue weighted by atomic mass is 19.5. The highest BCUT2D eigenvalue weighted by Crippen LogP contribution is 2.17. The zero-order valence-electron chi connectivity index (χ0n) is 14.8. The standard InChI is InChI=1S/2C7H13N.2BF4/c2*1-4-8-5-2-7(1)3-6-8;2*2-1(3,4)5/h2*7H,1-6H2;;/q;;2*-1/p+2. The van der Waals surface area contributed by atoms with E-state index in [1.165, 1.54) is 77.8 Å². The number of fused-ring (bicyclic) bond motifs is 6. The smallest absolute Gasteiger partial charge is 0.418 e. The third-order valence-corrected chi connectivity index (χ3v) is 5.44. The van der Waals surface area contributed by atoms with E-state index in [-0.39, 0.29) is 0 Å². The van der Waals surface area contributed by atoms with Crippen molar-refractivity contribution in [2.45, 2.75) is 38.5 Å². The Hall–Kier alpha value is -0.510. The van der Waals surface area contributed by atoms with E-state index in [1.807, 2.05) is 9.80 Å². The molecular weight excluding hydrogens is 370 g/mol. The fourth-order valence-electron chi connectivity index (χ4n) is 4.07. The monoisotopic (exact) mass is 398 g/mol. The Morgan fingerprint density at radius 2 is 0.577 bits per heavy atom. The van der Waals surface area contributed by atoms with Gasteiger partial charge < -0.3 is 44.3 Å². The average molecular weight is 398 g/mol. The largest absolute Gasteiger partial charge is 0.673 e. The second-order valence-electron chi connectivity index (χ2n) is 7.45. The predicted octanol–water partition coefficient (Wildman–Crippen LogP) is 1.97. The second-order valence-corrected chi connectivity index (χ2v) is 7.45. The lowest BCUT2D eigenvalue weighted by Gasteiger charge is -2.35. The van der Waals surface area contributed by atoms with Gasteiger partial charge in [0.25, 0.3) is 0 Å². The van der Waals surface area contributed by atoms with Crippen LogP contribution in [-0.4, -0.2) is 53.8 Å². The van der Waals surface area contributed by atoms with Gasteiger partial charge in [-0.25, -0.2) is 0 Å². The van der Waals surface area contributed by atoms with Crippen molar-refractivity contribution in [3.8, 4) is 0 Å². The first-order chi connectivity index (χ1) is 11.9. The minimum atomic E-state index is -6.00. The van der Waals surface area contributed by atoms with E-state index in [4.69, 9.17) is 0 Å². The van der Waals surface area contributed by atoms with Crippen LogP contribution >= 0.6 is 0 Å². The molecule has 26 heavy (non-hydrogen) atoms. The molecule has 6 rings (SSSR count). The van der Waals surface area contributed by atoms with Gasteiger partial charge in [0.1, 0.15) is 0 Å². The maximum Gasteiger partial charge on any atom is 0.673 e. The van der Waals surface area contributed by atoms with E-state index in [0.29, 0.717) is 0 Å². The van der Waals surface area contributed by atoms with Crippen molar-refractivity contribution in [1.29, 1.82) is 0 Å². The van der Waals surface area contributed by atoms with Crippen LogP contribution in [0.3, 0.4) is 0 Å². The van der Waals surface area contributed by atoms with Crippen molar-refractivity contribution >= 4 is 14.5 Å². The molecule has 0 radical (unpaired) electrons. The van der Waals surface area contributed by atoms with Crippen LogP contribution in [0, 0.1) is 11.8 Å². The first-order valence-electron chi connectivity index (χ1n) is 9.32. The summed E-state index contributed by atoms with van der Waals surface area (Å²) in [6.07, 6.45) is 9.14. The van der Waals surface area contributed by atoms with Gasteiger partial charge in [-0.3, -0.25) is 0 Å². The molecule has 0 spiro atoms. The molecule has 4 bridgehead atoms. The minimum absolute atomic E-state index is 1.13. The number of rotatable bonds is 0. The molecule has 6 saturated heterocycles. The van der Waals surface area contributed by atoms with Gasteiger partial charge in [0.15, 0.2) is 0 Å². The van der Waals surface area contributed by atoms with Crippen molar-refractivity contribution in [3.63, 3.8) is 0 Å². The molecule has 0 atom stereocenters. The van der Waals surface area contributed by atoms with E-state index in [1.54, 1.807) is 0 Å². The Kier molecular flexibility index (Phi) is 9.71. The summed E-state index contributed by atoms with van der Waals surface area (Å²) in [5, 5.41) is 0. The zero-order chi connectivity index (χ0) is 19.8. The minimum Gasteiger partial charge on any atom is -0.418 e. The predicted molar refractivity (Wildman–Crippen MR) is 86.2 cm³/mol. The second kappa shape index (κ2) is 10.7. The van der Waals surface area contributed by atoms with Crippen LogP contribution in [0.5, 0.6) is 0 Å². The van der Waals surface area contributed by atoms with Gasteiger partial charge in [-0.05, 0) is 50.4 Å². The SMILES string of the molecule is C1C[NH+]2CCC1CC2.C1C[NH+]2CCC1CC2.F[B-](F)(F)F.F[B-](F)(F)F. The summed E-state index contributed by atoms with van der Waals surface area (Å²) < 4.78 is 78.0. The van der Waals surface area contributed by atoms with E-state index < -0.39 is 14.5 Å². The molecule has 2 N–H and O–H groups in total. The van der Waals surface area contributed by atoms with Crippen LogP contribution in [0.4, 0.5) is 34.5 Å². The first kappa shape index (κ1) is 23.5. The van der Waals surface area contributed by atoms with Crippen molar-refractivity contribution in [2.24, 2.45) is 11.8 Å². The zero-order valence-corrected chi connectivity index (χ0v) is 14.8. The van der Waals surface area contributed by atoms with Crippen molar-refractivity contribution in [3.05, 3.63) is 0 Å². The molecule has 0 unspecified atom stereocenters. The van der Waals surface area contributed by atoms with E-state index in [0.717, 1.165) is 11.8 Å².